The lowest BCUT2D eigenvalue weighted by Gasteiger charge is -2.35. The maximum atomic E-state index is 13.0. The number of rotatable bonds is 4. The second kappa shape index (κ2) is 6.89. The van der Waals surface area contributed by atoms with Crippen LogP contribution in [0.25, 0.3) is 0 Å². The molecule has 2 rings (SSSR count). The molecule has 20 heavy (non-hydrogen) atoms. The third kappa shape index (κ3) is 3.21. The summed E-state index contributed by atoms with van der Waals surface area (Å²) in [5, 5.41) is 3.42. The fourth-order valence-corrected chi connectivity index (χ4v) is 3.09. The molecule has 1 fully saturated rings. The largest absolute Gasteiger partial charge is 0.334 e. The van der Waals surface area contributed by atoms with Gasteiger partial charge in [0.15, 0.2) is 0 Å². The molecule has 110 valence electrons. The highest BCUT2D eigenvalue weighted by atomic mass is 16.2. The quantitative estimate of drug-likeness (QED) is 0.915. The van der Waals surface area contributed by atoms with Crippen LogP contribution in [0.2, 0.25) is 0 Å². The van der Waals surface area contributed by atoms with Gasteiger partial charge in [-0.2, -0.15) is 0 Å². The Hall–Kier alpha value is -1.35. The van der Waals surface area contributed by atoms with Crippen LogP contribution in [0.1, 0.15) is 47.7 Å². The van der Waals surface area contributed by atoms with E-state index in [1.54, 1.807) is 0 Å². The summed E-state index contributed by atoms with van der Waals surface area (Å²) in [5.41, 5.74) is 3.06. The van der Waals surface area contributed by atoms with Crippen LogP contribution in [0.3, 0.4) is 0 Å². The molecule has 0 aromatic heterocycles. The van der Waals surface area contributed by atoms with E-state index in [9.17, 15) is 4.79 Å². The van der Waals surface area contributed by atoms with Crippen molar-refractivity contribution in [3.63, 3.8) is 0 Å². The fourth-order valence-electron chi connectivity index (χ4n) is 3.09. The van der Waals surface area contributed by atoms with Crippen LogP contribution in [0.4, 0.5) is 0 Å². The minimum atomic E-state index is 0.205. The van der Waals surface area contributed by atoms with Crippen molar-refractivity contribution in [3.8, 4) is 0 Å². The number of piperidine rings is 1. The second-order valence-electron chi connectivity index (χ2n) is 5.77. The van der Waals surface area contributed by atoms with Crippen molar-refractivity contribution in [1.29, 1.82) is 0 Å². The molecule has 0 aliphatic carbocycles. The maximum Gasteiger partial charge on any atom is 0.254 e. The summed E-state index contributed by atoms with van der Waals surface area (Å²) in [6.45, 7) is 9.05. The van der Waals surface area contributed by atoms with Gasteiger partial charge >= 0.3 is 0 Å². The van der Waals surface area contributed by atoms with Gasteiger partial charge in [-0.1, -0.05) is 25.1 Å². The van der Waals surface area contributed by atoms with Crippen molar-refractivity contribution in [2.75, 3.05) is 19.6 Å². The topological polar surface area (TPSA) is 32.3 Å². The van der Waals surface area contributed by atoms with E-state index in [0.717, 1.165) is 55.6 Å². The van der Waals surface area contributed by atoms with E-state index in [1.165, 1.54) is 0 Å². The third-order valence-electron chi connectivity index (χ3n) is 4.13. The molecule has 3 heteroatoms. The van der Waals surface area contributed by atoms with Crippen molar-refractivity contribution in [2.24, 2.45) is 0 Å². The van der Waals surface area contributed by atoms with E-state index >= 15 is 0 Å². The van der Waals surface area contributed by atoms with Crippen molar-refractivity contribution in [1.82, 2.24) is 10.2 Å². The van der Waals surface area contributed by atoms with Crippen LogP contribution in [0.15, 0.2) is 18.2 Å². The van der Waals surface area contributed by atoms with Gasteiger partial charge in [0.25, 0.3) is 5.91 Å². The predicted molar refractivity (Wildman–Crippen MR) is 83.1 cm³/mol. The average molecular weight is 274 g/mol. The molecule has 1 saturated heterocycles. The van der Waals surface area contributed by atoms with E-state index in [0.29, 0.717) is 6.04 Å². The summed E-state index contributed by atoms with van der Waals surface area (Å²) in [7, 11) is 0. The molecular formula is C17H26N2O. The van der Waals surface area contributed by atoms with Crippen LogP contribution in [-0.4, -0.2) is 36.5 Å². The highest BCUT2D eigenvalue weighted by Crippen LogP contribution is 2.20. The van der Waals surface area contributed by atoms with Gasteiger partial charge in [0.1, 0.15) is 0 Å². The number of amides is 1. The van der Waals surface area contributed by atoms with Gasteiger partial charge in [-0.3, -0.25) is 4.79 Å². The number of benzene rings is 1. The number of carbonyl (C=O) groups excluding carboxylic acids is 1. The third-order valence-corrected chi connectivity index (χ3v) is 4.13. The van der Waals surface area contributed by atoms with Crippen LogP contribution in [0.5, 0.6) is 0 Å². The van der Waals surface area contributed by atoms with E-state index in [-0.39, 0.29) is 5.91 Å². The van der Waals surface area contributed by atoms with E-state index < -0.39 is 0 Å². The van der Waals surface area contributed by atoms with Crippen molar-refractivity contribution < 1.29 is 4.79 Å². The molecule has 0 spiro atoms. The fraction of sp³-hybridized carbons (Fsp3) is 0.588. The molecule has 0 bridgehead atoms. The molecule has 0 saturated carbocycles. The molecule has 1 aliphatic heterocycles. The molecule has 1 N–H and O–H groups in total. The molecule has 1 aliphatic rings. The molecule has 0 radical (unpaired) electrons. The number of aryl methyl sites for hydroxylation is 2. The Morgan fingerprint density at radius 1 is 1.35 bits per heavy atom. The van der Waals surface area contributed by atoms with Gasteiger partial charge in [0, 0.05) is 24.7 Å². The van der Waals surface area contributed by atoms with E-state index in [2.05, 4.69) is 17.1 Å². The Bertz CT molecular complexity index is 444. The standard InChI is InChI=1S/C17H26N2O/c1-4-11-19(15-9-6-10-18-12-15)17(20)16-13(2)7-5-8-14(16)3/h5,7-8,15,18H,4,6,9-12H2,1-3H3. The van der Waals surface area contributed by atoms with E-state index in [1.807, 2.05) is 32.0 Å². The van der Waals surface area contributed by atoms with E-state index in [4.69, 9.17) is 0 Å². The Kier molecular flexibility index (Phi) is 5.18. The van der Waals surface area contributed by atoms with Crippen molar-refractivity contribution in [2.45, 2.75) is 46.1 Å². The minimum Gasteiger partial charge on any atom is -0.334 e. The van der Waals surface area contributed by atoms with Gasteiger partial charge in [-0.15, -0.1) is 0 Å². The highest BCUT2D eigenvalue weighted by Gasteiger charge is 2.27. The zero-order valence-corrected chi connectivity index (χ0v) is 12.9. The Morgan fingerprint density at radius 3 is 2.60 bits per heavy atom. The smallest absolute Gasteiger partial charge is 0.254 e. The van der Waals surface area contributed by atoms with Crippen molar-refractivity contribution >= 4 is 5.91 Å². The normalized spacial score (nSPS) is 18.9. The van der Waals surface area contributed by atoms with Crippen LogP contribution < -0.4 is 5.32 Å². The van der Waals surface area contributed by atoms with Crippen LogP contribution >= 0.6 is 0 Å². The highest BCUT2D eigenvalue weighted by molar-refractivity contribution is 5.97. The summed E-state index contributed by atoms with van der Waals surface area (Å²) >= 11 is 0. The van der Waals surface area contributed by atoms with Gasteiger partial charge in [-0.25, -0.2) is 0 Å². The lowest BCUT2D eigenvalue weighted by Crippen LogP contribution is -2.49. The Labute approximate surface area is 122 Å². The molecule has 1 unspecified atom stereocenters. The molecule has 1 heterocycles. The Morgan fingerprint density at radius 2 is 2.05 bits per heavy atom. The summed E-state index contributed by atoms with van der Waals surface area (Å²) in [5.74, 6) is 0.205. The number of hydrogen-bond acceptors (Lipinski definition) is 2. The summed E-state index contributed by atoms with van der Waals surface area (Å²) in [4.78, 5) is 15.1. The monoisotopic (exact) mass is 274 g/mol. The lowest BCUT2D eigenvalue weighted by molar-refractivity contribution is 0.0647. The summed E-state index contributed by atoms with van der Waals surface area (Å²) < 4.78 is 0. The Balaban J connectivity index is 2.26. The molecular weight excluding hydrogens is 248 g/mol. The van der Waals surface area contributed by atoms with Gasteiger partial charge in [0.2, 0.25) is 0 Å². The molecule has 1 aromatic rings. The summed E-state index contributed by atoms with van der Waals surface area (Å²) in [6.07, 6.45) is 3.28. The molecule has 1 atom stereocenters. The number of hydrogen-bond donors (Lipinski definition) is 1. The van der Waals surface area contributed by atoms with Crippen LogP contribution in [-0.2, 0) is 0 Å². The van der Waals surface area contributed by atoms with Gasteiger partial charge < -0.3 is 10.2 Å². The zero-order valence-electron chi connectivity index (χ0n) is 12.9. The first-order chi connectivity index (χ1) is 9.65. The molecule has 3 nitrogen and oxygen atoms in total. The maximum absolute atomic E-state index is 13.0. The van der Waals surface area contributed by atoms with Gasteiger partial charge in [-0.05, 0) is 50.8 Å². The average Bonchev–Trinajstić information content (AvgIpc) is 2.45. The number of carbonyl (C=O) groups is 1. The predicted octanol–water partition coefficient (Wildman–Crippen LogP) is 2.91. The van der Waals surface area contributed by atoms with Crippen molar-refractivity contribution in [3.05, 3.63) is 34.9 Å². The lowest BCUT2D eigenvalue weighted by atomic mass is 9.99. The molecule has 1 aromatic carbocycles. The summed E-state index contributed by atoms with van der Waals surface area (Å²) in [6, 6.07) is 6.43. The van der Waals surface area contributed by atoms with Crippen LogP contribution in [0, 0.1) is 13.8 Å². The zero-order chi connectivity index (χ0) is 14.5. The molecule has 1 amide bonds. The first-order valence-electron chi connectivity index (χ1n) is 7.73. The SMILES string of the molecule is CCCN(C(=O)c1c(C)cccc1C)C1CCCNC1. The first kappa shape index (κ1) is 15.0. The minimum absolute atomic E-state index is 0.205. The number of nitrogens with one attached hydrogen (secondary N) is 1. The number of nitrogens with zero attached hydrogens (tertiary/aromatic N) is 1. The second-order valence-corrected chi connectivity index (χ2v) is 5.77. The van der Waals surface area contributed by atoms with Gasteiger partial charge in [0.05, 0.1) is 0 Å². The first-order valence-corrected chi connectivity index (χ1v) is 7.73.